The molecule has 9 heteroatoms. The third kappa shape index (κ3) is 8.91. The summed E-state index contributed by atoms with van der Waals surface area (Å²) < 4.78 is 11.1. The van der Waals surface area contributed by atoms with E-state index in [2.05, 4.69) is 16.4 Å². The van der Waals surface area contributed by atoms with Crippen molar-refractivity contribution in [3.63, 3.8) is 0 Å². The molecule has 0 atom stereocenters. The molecular formula is C25H31ClN4O4. The number of carbonyl (C=O) groups is 2. The number of benzene rings is 1. The van der Waals surface area contributed by atoms with E-state index in [1.54, 1.807) is 62.2 Å². The van der Waals surface area contributed by atoms with Gasteiger partial charge in [0.1, 0.15) is 11.4 Å². The lowest BCUT2D eigenvalue weighted by molar-refractivity contribution is 0.0634. The van der Waals surface area contributed by atoms with E-state index in [0.29, 0.717) is 41.6 Å². The molecule has 0 saturated heterocycles. The van der Waals surface area contributed by atoms with Gasteiger partial charge in [-0.25, -0.2) is 4.79 Å². The highest BCUT2D eigenvalue weighted by atomic mass is 35.5. The van der Waals surface area contributed by atoms with Crippen molar-refractivity contribution >= 4 is 29.3 Å². The number of rotatable bonds is 9. The summed E-state index contributed by atoms with van der Waals surface area (Å²) in [5.74, 6) is 0.253. The van der Waals surface area contributed by atoms with Crippen molar-refractivity contribution in [1.29, 1.82) is 5.26 Å². The Labute approximate surface area is 205 Å². The molecule has 34 heavy (non-hydrogen) atoms. The van der Waals surface area contributed by atoms with Crippen molar-refractivity contribution in [2.45, 2.75) is 59.1 Å². The van der Waals surface area contributed by atoms with Crippen LogP contribution in [0.25, 0.3) is 0 Å². The van der Waals surface area contributed by atoms with Crippen molar-refractivity contribution in [2.75, 3.05) is 18.5 Å². The maximum atomic E-state index is 13.0. The maximum Gasteiger partial charge on any atom is 0.412 e. The van der Waals surface area contributed by atoms with Crippen LogP contribution in [0.4, 0.5) is 10.5 Å². The summed E-state index contributed by atoms with van der Waals surface area (Å²) in [4.78, 5) is 30.9. The highest BCUT2D eigenvalue weighted by Gasteiger charge is 2.20. The minimum absolute atomic E-state index is 0.0585. The van der Waals surface area contributed by atoms with Gasteiger partial charge in [-0.05, 0) is 65.0 Å². The molecule has 0 fully saturated rings. The molecule has 1 aromatic heterocycles. The Morgan fingerprint density at radius 3 is 2.62 bits per heavy atom. The SMILES string of the molecule is CC(C)N(CCC#N)C(=O)c1cc(Cl)cc(OCCc2cc(NC(=O)OC(C)(C)C)ccn2)c1. The first kappa shape index (κ1) is 26.9. The fraction of sp³-hybridized carbons (Fsp3) is 0.440. The molecule has 2 amide bonds. The standard InChI is InChI=1S/C25H31ClN4O4/c1-17(2)30(11-6-9-27)23(31)18-13-19(26)15-22(14-18)33-12-8-20-16-21(7-10-28-20)29-24(32)34-25(3,4)5/h7,10,13-17H,6,8,11-12H2,1-5H3,(H,28,29,32). The molecule has 0 aliphatic heterocycles. The minimum atomic E-state index is -0.590. The molecule has 182 valence electrons. The normalized spacial score (nSPS) is 11.0. The summed E-state index contributed by atoms with van der Waals surface area (Å²) in [6, 6.07) is 10.3. The predicted molar refractivity (Wildman–Crippen MR) is 131 cm³/mol. The van der Waals surface area contributed by atoms with Gasteiger partial charge in [-0.3, -0.25) is 15.1 Å². The molecule has 0 aliphatic rings. The Kier molecular flexibility index (Phi) is 9.69. The summed E-state index contributed by atoms with van der Waals surface area (Å²) in [6.07, 6.45) is 1.78. The van der Waals surface area contributed by atoms with Gasteiger partial charge in [0.2, 0.25) is 0 Å². The van der Waals surface area contributed by atoms with Gasteiger partial charge in [0.15, 0.2) is 0 Å². The van der Waals surface area contributed by atoms with Crippen molar-refractivity contribution < 1.29 is 19.1 Å². The summed E-state index contributed by atoms with van der Waals surface area (Å²) in [5.41, 5.74) is 1.10. The second-order valence-electron chi connectivity index (χ2n) is 8.94. The van der Waals surface area contributed by atoms with E-state index < -0.39 is 11.7 Å². The van der Waals surface area contributed by atoms with E-state index in [1.165, 1.54) is 0 Å². The van der Waals surface area contributed by atoms with Gasteiger partial charge in [0, 0.05) is 47.2 Å². The molecule has 0 unspecified atom stereocenters. The van der Waals surface area contributed by atoms with E-state index in [9.17, 15) is 9.59 Å². The lowest BCUT2D eigenvalue weighted by Gasteiger charge is -2.26. The van der Waals surface area contributed by atoms with Crippen LogP contribution in [0.15, 0.2) is 36.5 Å². The van der Waals surface area contributed by atoms with Crippen LogP contribution in [0.5, 0.6) is 5.75 Å². The van der Waals surface area contributed by atoms with Crippen LogP contribution in [-0.2, 0) is 11.2 Å². The van der Waals surface area contributed by atoms with Gasteiger partial charge in [-0.15, -0.1) is 0 Å². The fourth-order valence-electron chi connectivity index (χ4n) is 3.09. The quantitative estimate of drug-likeness (QED) is 0.504. The van der Waals surface area contributed by atoms with Crippen LogP contribution in [-0.4, -0.2) is 46.7 Å². The Morgan fingerprint density at radius 1 is 1.24 bits per heavy atom. The lowest BCUT2D eigenvalue weighted by atomic mass is 10.1. The molecule has 8 nitrogen and oxygen atoms in total. The Morgan fingerprint density at radius 2 is 1.97 bits per heavy atom. The fourth-order valence-corrected chi connectivity index (χ4v) is 3.31. The van der Waals surface area contributed by atoms with Crippen molar-refractivity contribution in [3.05, 3.63) is 52.8 Å². The van der Waals surface area contributed by atoms with E-state index in [1.807, 2.05) is 13.8 Å². The molecule has 0 spiro atoms. The topological polar surface area (TPSA) is 105 Å². The Bertz CT molecular complexity index is 1040. The summed E-state index contributed by atoms with van der Waals surface area (Å²) >= 11 is 6.23. The highest BCUT2D eigenvalue weighted by molar-refractivity contribution is 6.31. The van der Waals surface area contributed by atoms with Gasteiger partial charge in [-0.2, -0.15) is 5.26 Å². The second-order valence-corrected chi connectivity index (χ2v) is 9.37. The number of anilines is 1. The largest absolute Gasteiger partial charge is 0.493 e. The number of hydrogen-bond donors (Lipinski definition) is 1. The average Bonchev–Trinajstić information content (AvgIpc) is 2.72. The van der Waals surface area contributed by atoms with Crippen LogP contribution >= 0.6 is 11.6 Å². The van der Waals surface area contributed by atoms with E-state index in [0.717, 1.165) is 5.69 Å². The number of carbonyl (C=O) groups excluding carboxylic acids is 2. The number of hydrogen-bond acceptors (Lipinski definition) is 6. The summed E-state index contributed by atoms with van der Waals surface area (Å²) in [7, 11) is 0. The first-order valence-corrected chi connectivity index (χ1v) is 11.4. The van der Waals surface area contributed by atoms with Gasteiger partial charge >= 0.3 is 6.09 Å². The van der Waals surface area contributed by atoms with Gasteiger partial charge in [0.05, 0.1) is 19.1 Å². The number of nitriles is 1. The first-order chi connectivity index (χ1) is 16.0. The zero-order valence-corrected chi connectivity index (χ0v) is 21.0. The number of nitrogens with one attached hydrogen (secondary N) is 1. The molecule has 1 aromatic carbocycles. The molecule has 0 bridgehead atoms. The number of ether oxygens (including phenoxy) is 2. The highest BCUT2D eigenvalue weighted by Crippen LogP contribution is 2.23. The van der Waals surface area contributed by atoms with Gasteiger partial charge < -0.3 is 14.4 Å². The van der Waals surface area contributed by atoms with Crippen molar-refractivity contribution in [2.24, 2.45) is 0 Å². The molecular weight excluding hydrogens is 456 g/mol. The first-order valence-electron chi connectivity index (χ1n) is 11.0. The zero-order valence-electron chi connectivity index (χ0n) is 20.2. The van der Waals surface area contributed by atoms with Crippen LogP contribution in [0.3, 0.4) is 0 Å². The third-order valence-electron chi connectivity index (χ3n) is 4.56. The minimum Gasteiger partial charge on any atom is -0.493 e. The number of amides is 2. The van der Waals surface area contributed by atoms with Crippen LogP contribution in [0.2, 0.25) is 5.02 Å². The van der Waals surface area contributed by atoms with E-state index >= 15 is 0 Å². The Hall–Kier alpha value is -3.31. The predicted octanol–water partition coefficient (Wildman–Crippen LogP) is 5.47. The van der Waals surface area contributed by atoms with Crippen molar-refractivity contribution in [3.8, 4) is 11.8 Å². The molecule has 0 aliphatic carbocycles. The van der Waals surface area contributed by atoms with Gasteiger partial charge in [0.25, 0.3) is 5.91 Å². The van der Waals surface area contributed by atoms with Gasteiger partial charge in [-0.1, -0.05) is 11.6 Å². The van der Waals surface area contributed by atoms with E-state index in [-0.39, 0.29) is 18.4 Å². The number of halogens is 1. The monoisotopic (exact) mass is 486 g/mol. The maximum absolute atomic E-state index is 13.0. The molecule has 2 aromatic rings. The number of aromatic nitrogens is 1. The zero-order chi connectivity index (χ0) is 25.3. The number of pyridine rings is 1. The Balaban J connectivity index is 2.01. The molecule has 1 N–H and O–H groups in total. The second kappa shape index (κ2) is 12.2. The van der Waals surface area contributed by atoms with Crippen LogP contribution < -0.4 is 10.1 Å². The number of nitrogens with zero attached hydrogens (tertiary/aromatic N) is 3. The molecule has 1 heterocycles. The smallest absolute Gasteiger partial charge is 0.412 e. The van der Waals surface area contributed by atoms with Crippen LogP contribution in [0, 0.1) is 11.3 Å². The third-order valence-corrected chi connectivity index (χ3v) is 4.77. The summed E-state index contributed by atoms with van der Waals surface area (Å²) in [5, 5.41) is 11.9. The van der Waals surface area contributed by atoms with Crippen LogP contribution in [0.1, 0.15) is 57.1 Å². The molecule has 0 saturated carbocycles. The lowest BCUT2D eigenvalue weighted by Crippen LogP contribution is -2.37. The molecule has 2 rings (SSSR count). The summed E-state index contributed by atoms with van der Waals surface area (Å²) in [6.45, 7) is 9.82. The molecule has 0 radical (unpaired) electrons. The average molecular weight is 487 g/mol. The van der Waals surface area contributed by atoms with E-state index in [4.69, 9.17) is 26.3 Å². The van der Waals surface area contributed by atoms with Crippen molar-refractivity contribution in [1.82, 2.24) is 9.88 Å².